The fraction of sp³-hybridized carbons (Fsp3) is 0.0714. The number of phenolic OH excluding ortho intramolecular Hbond substituents is 2. The zero-order chi connectivity index (χ0) is 14.0. The number of amides is 1. The van der Waals surface area contributed by atoms with Gasteiger partial charge in [-0.1, -0.05) is 12.1 Å². The summed E-state index contributed by atoms with van der Waals surface area (Å²) in [7, 11) is 0. The fourth-order valence-electron chi connectivity index (χ4n) is 1.67. The first-order chi connectivity index (χ1) is 8.99. The van der Waals surface area contributed by atoms with E-state index >= 15 is 0 Å². The molecular weight excluding hydrogens is 244 g/mol. The van der Waals surface area contributed by atoms with Crippen molar-refractivity contribution in [1.29, 1.82) is 0 Å². The average Bonchev–Trinajstić information content (AvgIpc) is 2.33. The van der Waals surface area contributed by atoms with Crippen molar-refractivity contribution in [2.45, 2.75) is 6.92 Å². The number of aryl methyl sites for hydroxylation is 1. The van der Waals surface area contributed by atoms with E-state index in [4.69, 9.17) is 5.73 Å². The van der Waals surface area contributed by atoms with Crippen LogP contribution in [-0.2, 0) is 0 Å². The summed E-state index contributed by atoms with van der Waals surface area (Å²) in [5, 5.41) is 21.8. The van der Waals surface area contributed by atoms with Gasteiger partial charge in [-0.05, 0) is 36.8 Å². The number of hydrogen-bond acceptors (Lipinski definition) is 4. The summed E-state index contributed by atoms with van der Waals surface area (Å²) in [5.41, 5.74) is 7.54. The number of rotatable bonds is 2. The van der Waals surface area contributed by atoms with Crippen LogP contribution in [-0.4, -0.2) is 16.1 Å². The first kappa shape index (κ1) is 12.8. The molecule has 0 aliphatic carbocycles. The second-order valence-electron chi connectivity index (χ2n) is 4.20. The Morgan fingerprint density at radius 2 is 1.79 bits per heavy atom. The van der Waals surface area contributed by atoms with Crippen LogP contribution in [0.25, 0.3) is 0 Å². The zero-order valence-electron chi connectivity index (χ0n) is 10.3. The Bertz CT molecular complexity index is 618. The summed E-state index contributed by atoms with van der Waals surface area (Å²) < 4.78 is 0. The predicted octanol–water partition coefficient (Wildman–Crippen LogP) is 2.24. The molecule has 0 atom stereocenters. The molecule has 2 rings (SSSR count). The highest BCUT2D eigenvalue weighted by molar-refractivity contribution is 6.08. The van der Waals surface area contributed by atoms with Crippen LogP contribution >= 0.6 is 0 Å². The van der Waals surface area contributed by atoms with Gasteiger partial charge in [0.2, 0.25) is 0 Å². The Hall–Kier alpha value is -2.69. The molecule has 1 amide bonds. The molecule has 2 aromatic rings. The molecule has 0 fully saturated rings. The number of aromatic hydroxyl groups is 2. The third-order valence-corrected chi connectivity index (χ3v) is 2.78. The Labute approximate surface area is 110 Å². The maximum Gasteiger partial charge on any atom is 0.263 e. The van der Waals surface area contributed by atoms with E-state index in [2.05, 4.69) is 5.32 Å². The standard InChI is InChI=1S/C14H14N2O3/c1-8-5-6-9(7-10(8)15)16-14(19)13-11(17)3-2-4-12(13)18/h2-7,17-18H,15H2,1H3,(H,16,19). The Morgan fingerprint density at radius 3 is 2.37 bits per heavy atom. The summed E-state index contributed by atoms with van der Waals surface area (Å²) in [4.78, 5) is 12.0. The molecule has 19 heavy (non-hydrogen) atoms. The molecule has 5 N–H and O–H groups in total. The number of carbonyl (C=O) groups excluding carboxylic acids is 1. The number of phenols is 2. The molecule has 0 spiro atoms. The molecule has 5 nitrogen and oxygen atoms in total. The second kappa shape index (κ2) is 4.89. The van der Waals surface area contributed by atoms with E-state index < -0.39 is 5.91 Å². The van der Waals surface area contributed by atoms with Gasteiger partial charge in [-0.2, -0.15) is 0 Å². The quantitative estimate of drug-likeness (QED) is 0.621. The van der Waals surface area contributed by atoms with Crippen LogP contribution in [0.3, 0.4) is 0 Å². The van der Waals surface area contributed by atoms with Crippen molar-refractivity contribution in [2.75, 3.05) is 11.1 Å². The Kier molecular flexibility index (Phi) is 3.29. The van der Waals surface area contributed by atoms with Crippen molar-refractivity contribution < 1.29 is 15.0 Å². The monoisotopic (exact) mass is 258 g/mol. The minimum atomic E-state index is -0.598. The van der Waals surface area contributed by atoms with Crippen molar-refractivity contribution in [3.05, 3.63) is 47.5 Å². The van der Waals surface area contributed by atoms with Gasteiger partial charge in [-0.25, -0.2) is 0 Å². The van der Waals surface area contributed by atoms with E-state index in [1.807, 2.05) is 6.92 Å². The normalized spacial score (nSPS) is 10.2. The van der Waals surface area contributed by atoms with Crippen molar-refractivity contribution in [2.24, 2.45) is 0 Å². The van der Waals surface area contributed by atoms with E-state index in [1.54, 1.807) is 18.2 Å². The smallest absolute Gasteiger partial charge is 0.263 e. The first-order valence-electron chi connectivity index (χ1n) is 5.67. The molecule has 0 bridgehead atoms. The van der Waals surface area contributed by atoms with Crippen LogP contribution in [0, 0.1) is 6.92 Å². The molecular formula is C14H14N2O3. The summed E-state index contributed by atoms with van der Waals surface area (Å²) in [5.74, 6) is -1.16. The van der Waals surface area contributed by atoms with Gasteiger partial charge in [0.05, 0.1) is 0 Å². The third-order valence-electron chi connectivity index (χ3n) is 2.78. The summed E-state index contributed by atoms with van der Waals surface area (Å²) >= 11 is 0. The van der Waals surface area contributed by atoms with Crippen LogP contribution in [0.1, 0.15) is 15.9 Å². The lowest BCUT2D eigenvalue weighted by molar-refractivity contribution is 0.102. The maximum absolute atomic E-state index is 12.0. The lowest BCUT2D eigenvalue weighted by Crippen LogP contribution is -2.12. The highest BCUT2D eigenvalue weighted by atomic mass is 16.3. The minimum Gasteiger partial charge on any atom is -0.507 e. The summed E-state index contributed by atoms with van der Waals surface area (Å²) in [6.07, 6.45) is 0. The highest BCUT2D eigenvalue weighted by Gasteiger charge is 2.16. The molecule has 0 unspecified atom stereocenters. The summed E-state index contributed by atoms with van der Waals surface area (Å²) in [6, 6.07) is 9.20. The number of nitrogens with one attached hydrogen (secondary N) is 1. The van der Waals surface area contributed by atoms with Crippen molar-refractivity contribution in [1.82, 2.24) is 0 Å². The minimum absolute atomic E-state index is 0.165. The van der Waals surface area contributed by atoms with Crippen LogP contribution < -0.4 is 11.1 Å². The Morgan fingerprint density at radius 1 is 1.16 bits per heavy atom. The third kappa shape index (κ3) is 2.60. The summed E-state index contributed by atoms with van der Waals surface area (Å²) in [6.45, 7) is 1.86. The fourth-order valence-corrected chi connectivity index (χ4v) is 1.67. The van der Waals surface area contributed by atoms with E-state index in [-0.39, 0.29) is 17.1 Å². The van der Waals surface area contributed by atoms with Crippen molar-refractivity contribution >= 4 is 17.3 Å². The molecule has 0 aromatic heterocycles. The molecule has 0 saturated carbocycles. The van der Waals surface area contributed by atoms with Crippen LogP contribution in [0.15, 0.2) is 36.4 Å². The van der Waals surface area contributed by atoms with Gasteiger partial charge >= 0.3 is 0 Å². The van der Waals surface area contributed by atoms with E-state index in [0.717, 1.165) is 5.56 Å². The second-order valence-corrected chi connectivity index (χ2v) is 4.20. The van der Waals surface area contributed by atoms with Gasteiger partial charge in [0, 0.05) is 11.4 Å². The van der Waals surface area contributed by atoms with E-state index in [0.29, 0.717) is 11.4 Å². The number of nitrogens with two attached hydrogens (primary N) is 1. The van der Waals surface area contributed by atoms with E-state index in [1.165, 1.54) is 18.2 Å². The maximum atomic E-state index is 12.0. The van der Waals surface area contributed by atoms with Gasteiger partial charge < -0.3 is 21.3 Å². The van der Waals surface area contributed by atoms with Crippen molar-refractivity contribution in [3.8, 4) is 11.5 Å². The average molecular weight is 258 g/mol. The molecule has 98 valence electrons. The highest BCUT2D eigenvalue weighted by Crippen LogP contribution is 2.27. The molecule has 0 aliphatic heterocycles. The van der Waals surface area contributed by atoms with Gasteiger partial charge in [0.1, 0.15) is 17.1 Å². The number of carbonyl (C=O) groups is 1. The zero-order valence-corrected chi connectivity index (χ0v) is 10.3. The number of nitrogen functional groups attached to an aromatic ring is 1. The largest absolute Gasteiger partial charge is 0.507 e. The number of benzene rings is 2. The van der Waals surface area contributed by atoms with Crippen LogP contribution in [0.5, 0.6) is 11.5 Å². The van der Waals surface area contributed by atoms with Gasteiger partial charge in [-0.15, -0.1) is 0 Å². The SMILES string of the molecule is Cc1ccc(NC(=O)c2c(O)cccc2O)cc1N. The predicted molar refractivity (Wildman–Crippen MR) is 73.3 cm³/mol. The molecule has 2 aromatic carbocycles. The molecule has 0 heterocycles. The number of anilines is 2. The number of hydrogen-bond donors (Lipinski definition) is 4. The topological polar surface area (TPSA) is 95.6 Å². The van der Waals surface area contributed by atoms with Gasteiger partial charge in [-0.3, -0.25) is 4.79 Å². The molecule has 0 saturated heterocycles. The molecule has 0 radical (unpaired) electrons. The lowest BCUT2D eigenvalue weighted by Gasteiger charge is -2.09. The van der Waals surface area contributed by atoms with Crippen LogP contribution in [0.2, 0.25) is 0 Å². The molecule has 5 heteroatoms. The van der Waals surface area contributed by atoms with Crippen LogP contribution in [0.4, 0.5) is 11.4 Å². The van der Waals surface area contributed by atoms with Gasteiger partial charge in [0.25, 0.3) is 5.91 Å². The Balaban J connectivity index is 2.28. The van der Waals surface area contributed by atoms with Crippen molar-refractivity contribution in [3.63, 3.8) is 0 Å². The molecule has 0 aliphatic rings. The van der Waals surface area contributed by atoms with E-state index in [9.17, 15) is 15.0 Å². The lowest BCUT2D eigenvalue weighted by atomic mass is 10.1. The first-order valence-corrected chi connectivity index (χ1v) is 5.67. The van der Waals surface area contributed by atoms with Gasteiger partial charge in [0.15, 0.2) is 0 Å².